The molecule has 0 bridgehead atoms. The quantitative estimate of drug-likeness (QED) is 0.803. The number of fused-ring (bicyclic) bond motifs is 1. The number of benzene rings is 1. The molecule has 2 N–H and O–H groups in total. The molecule has 1 aliphatic rings. The lowest BCUT2D eigenvalue weighted by molar-refractivity contribution is 0.596. The van der Waals surface area contributed by atoms with Crippen molar-refractivity contribution in [2.75, 3.05) is 24.5 Å². The van der Waals surface area contributed by atoms with Crippen LogP contribution < -0.4 is 10.6 Å². The summed E-state index contributed by atoms with van der Waals surface area (Å²) in [6.07, 6.45) is 2.07. The van der Waals surface area contributed by atoms with Crippen molar-refractivity contribution in [3.8, 4) is 0 Å². The molecule has 15 heavy (non-hydrogen) atoms. The maximum absolute atomic E-state index is 13.8. The van der Waals surface area contributed by atoms with Gasteiger partial charge < -0.3 is 10.6 Å². The summed E-state index contributed by atoms with van der Waals surface area (Å²) in [7, 11) is 0. The second kappa shape index (κ2) is 4.19. The third-order valence-electron chi connectivity index (χ3n) is 2.88. The maximum Gasteiger partial charge on any atom is 0.147 e. The van der Waals surface area contributed by atoms with Crippen molar-refractivity contribution >= 4 is 5.69 Å². The van der Waals surface area contributed by atoms with Crippen LogP contribution in [0.25, 0.3) is 0 Å². The molecule has 0 aliphatic carbocycles. The van der Waals surface area contributed by atoms with Crippen LogP contribution in [-0.4, -0.2) is 19.6 Å². The lowest BCUT2D eigenvalue weighted by Crippen LogP contribution is -2.34. The van der Waals surface area contributed by atoms with Gasteiger partial charge in [0.05, 0.1) is 5.69 Å². The first-order valence-electron chi connectivity index (χ1n) is 5.46. The van der Waals surface area contributed by atoms with Gasteiger partial charge in [0.25, 0.3) is 0 Å². The van der Waals surface area contributed by atoms with E-state index in [1.807, 2.05) is 6.92 Å². The summed E-state index contributed by atoms with van der Waals surface area (Å²) in [6.45, 7) is 4.18. The Kier molecular flexibility index (Phi) is 2.91. The van der Waals surface area contributed by atoms with Crippen molar-refractivity contribution in [1.82, 2.24) is 0 Å². The first-order chi connectivity index (χ1) is 7.22. The second-order valence-corrected chi connectivity index (χ2v) is 4.13. The Morgan fingerprint density at radius 2 is 2.27 bits per heavy atom. The van der Waals surface area contributed by atoms with Gasteiger partial charge in [0.2, 0.25) is 0 Å². The van der Waals surface area contributed by atoms with Gasteiger partial charge in [-0.05, 0) is 37.0 Å². The van der Waals surface area contributed by atoms with Crippen molar-refractivity contribution < 1.29 is 4.39 Å². The molecule has 1 aliphatic heterocycles. The zero-order valence-corrected chi connectivity index (χ0v) is 9.09. The molecule has 0 saturated heterocycles. The van der Waals surface area contributed by atoms with E-state index in [2.05, 4.69) is 11.0 Å². The van der Waals surface area contributed by atoms with Crippen molar-refractivity contribution in [2.24, 2.45) is 5.73 Å². The predicted octanol–water partition coefficient (Wildman–Crippen LogP) is 1.85. The first-order valence-corrected chi connectivity index (χ1v) is 5.46. The Labute approximate surface area is 89.9 Å². The Morgan fingerprint density at radius 3 is 3.00 bits per heavy atom. The molecule has 0 fully saturated rings. The summed E-state index contributed by atoms with van der Waals surface area (Å²) >= 11 is 0. The number of rotatable bonds is 2. The minimum atomic E-state index is -0.0989. The van der Waals surface area contributed by atoms with Crippen LogP contribution in [0.1, 0.15) is 17.5 Å². The highest BCUT2D eigenvalue weighted by atomic mass is 19.1. The zero-order chi connectivity index (χ0) is 10.8. The van der Waals surface area contributed by atoms with Crippen LogP contribution in [0.15, 0.2) is 12.1 Å². The van der Waals surface area contributed by atoms with E-state index in [1.165, 1.54) is 0 Å². The highest BCUT2D eigenvalue weighted by molar-refractivity contribution is 5.57. The normalized spacial score (nSPS) is 15.3. The molecule has 2 nitrogen and oxygen atoms in total. The van der Waals surface area contributed by atoms with Gasteiger partial charge in [-0.1, -0.05) is 6.07 Å². The average Bonchev–Trinajstić information content (AvgIpc) is 2.17. The summed E-state index contributed by atoms with van der Waals surface area (Å²) < 4.78 is 13.8. The molecule has 0 saturated carbocycles. The molecule has 2 rings (SSSR count). The Balaban J connectivity index is 2.41. The van der Waals surface area contributed by atoms with E-state index < -0.39 is 0 Å². The van der Waals surface area contributed by atoms with E-state index in [0.717, 1.165) is 42.7 Å². The van der Waals surface area contributed by atoms with Gasteiger partial charge in [-0.15, -0.1) is 0 Å². The largest absolute Gasteiger partial charge is 0.368 e. The van der Waals surface area contributed by atoms with Gasteiger partial charge in [0.15, 0.2) is 0 Å². The summed E-state index contributed by atoms with van der Waals surface area (Å²) in [5.41, 5.74) is 8.44. The van der Waals surface area contributed by atoms with E-state index in [1.54, 1.807) is 6.07 Å². The van der Waals surface area contributed by atoms with Gasteiger partial charge in [-0.2, -0.15) is 0 Å². The lowest BCUT2D eigenvalue weighted by atomic mass is 9.99. The van der Waals surface area contributed by atoms with Gasteiger partial charge in [-0.3, -0.25) is 0 Å². The number of hydrogen-bond donors (Lipinski definition) is 1. The highest BCUT2D eigenvalue weighted by Gasteiger charge is 2.20. The molecule has 82 valence electrons. The molecule has 1 heterocycles. The number of aryl methyl sites for hydroxylation is 2. The number of hydrogen-bond acceptors (Lipinski definition) is 2. The molecular formula is C12H17FN2. The van der Waals surface area contributed by atoms with Crippen molar-refractivity contribution in [2.45, 2.75) is 19.8 Å². The molecule has 3 heteroatoms. The summed E-state index contributed by atoms with van der Waals surface area (Å²) in [5.74, 6) is -0.0989. The van der Waals surface area contributed by atoms with Crippen LogP contribution in [0.4, 0.5) is 10.1 Å². The Bertz CT molecular complexity index is 363. The van der Waals surface area contributed by atoms with E-state index in [0.29, 0.717) is 6.54 Å². The highest BCUT2D eigenvalue weighted by Crippen LogP contribution is 2.30. The van der Waals surface area contributed by atoms with Crippen molar-refractivity contribution in [3.05, 3.63) is 29.1 Å². The van der Waals surface area contributed by atoms with Gasteiger partial charge in [-0.25, -0.2) is 4.39 Å². The fraction of sp³-hybridized carbons (Fsp3) is 0.500. The fourth-order valence-corrected chi connectivity index (χ4v) is 2.30. The topological polar surface area (TPSA) is 29.3 Å². The molecule has 0 atom stereocenters. The van der Waals surface area contributed by atoms with E-state index in [9.17, 15) is 4.39 Å². The number of anilines is 1. The monoisotopic (exact) mass is 208 g/mol. The molecule has 0 radical (unpaired) electrons. The van der Waals surface area contributed by atoms with Crippen LogP contribution in [0.5, 0.6) is 0 Å². The Hall–Kier alpha value is -1.09. The van der Waals surface area contributed by atoms with Crippen LogP contribution >= 0.6 is 0 Å². The first kappa shape index (κ1) is 10.4. The molecule has 1 aromatic rings. The van der Waals surface area contributed by atoms with E-state index >= 15 is 0 Å². The maximum atomic E-state index is 13.8. The Morgan fingerprint density at radius 1 is 1.47 bits per heavy atom. The predicted molar refractivity (Wildman–Crippen MR) is 60.7 cm³/mol. The summed E-state index contributed by atoms with van der Waals surface area (Å²) in [4.78, 5) is 2.06. The molecule has 0 aromatic heterocycles. The van der Waals surface area contributed by atoms with Crippen LogP contribution in [0.2, 0.25) is 0 Å². The summed E-state index contributed by atoms with van der Waals surface area (Å²) in [6, 6.07) is 3.69. The van der Waals surface area contributed by atoms with E-state index in [-0.39, 0.29) is 5.82 Å². The minimum Gasteiger partial charge on any atom is -0.368 e. The molecule has 0 unspecified atom stereocenters. The third kappa shape index (κ3) is 1.97. The minimum absolute atomic E-state index is 0.0989. The number of halogens is 1. The van der Waals surface area contributed by atoms with Gasteiger partial charge in [0.1, 0.15) is 5.82 Å². The number of nitrogens with zero attached hydrogens (tertiary/aromatic N) is 1. The smallest absolute Gasteiger partial charge is 0.147 e. The van der Waals surface area contributed by atoms with Crippen LogP contribution in [-0.2, 0) is 6.42 Å². The SMILES string of the molecule is Cc1cc(F)c2c(c1)CCCN2CCN. The summed E-state index contributed by atoms with van der Waals surface area (Å²) in [5, 5.41) is 0. The number of nitrogens with two attached hydrogens (primary N) is 1. The average molecular weight is 208 g/mol. The second-order valence-electron chi connectivity index (χ2n) is 4.13. The van der Waals surface area contributed by atoms with Gasteiger partial charge >= 0.3 is 0 Å². The molecule has 0 amide bonds. The molecule has 1 aromatic carbocycles. The van der Waals surface area contributed by atoms with Crippen molar-refractivity contribution in [1.29, 1.82) is 0 Å². The standard InChI is InChI=1S/C12H17FN2/c1-9-7-10-3-2-5-15(6-4-14)12(10)11(13)8-9/h7-8H,2-6,14H2,1H3. The van der Waals surface area contributed by atoms with Crippen molar-refractivity contribution in [3.63, 3.8) is 0 Å². The molecule has 0 spiro atoms. The van der Waals surface area contributed by atoms with E-state index in [4.69, 9.17) is 5.73 Å². The fourth-order valence-electron chi connectivity index (χ4n) is 2.30. The zero-order valence-electron chi connectivity index (χ0n) is 9.09. The third-order valence-corrected chi connectivity index (χ3v) is 2.88. The van der Waals surface area contributed by atoms with Gasteiger partial charge in [0, 0.05) is 19.6 Å². The van der Waals surface area contributed by atoms with Crippen LogP contribution in [0, 0.1) is 12.7 Å². The molecular weight excluding hydrogens is 191 g/mol. The lowest BCUT2D eigenvalue weighted by Gasteiger charge is -2.31. The van der Waals surface area contributed by atoms with Crippen LogP contribution in [0.3, 0.4) is 0 Å².